The minimum Gasteiger partial charge on any atom is -0.230 e. The topological polar surface area (TPSA) is 25.8 Å². The second-order valence-corrected chi connectivity index (χ2v) is 5.19. The molecular formula is C9H13BrN2S. The minimum atomic E-state index is 0.753. The molecule has 0 aromatic carbocycles. The Labute approximate surface area is 91.7 Å². The lowest BCUT2D eigenvalue weighted by Gasteiger charge is -2.02. The average molecular weight is 261 g/mol. The molecule has 1 heterocycles. The number of hydrogen-bond donors (Lipinski definition) is 0. The zero-order valence-electron chi connectivity index (χ0n) is 7.83. The van der Waals surface area contributed by atoms with Crippen molar-refractivity contribution in [3.05, 3.63) is 16.9 Å². The van der Waals surface area contributed by atoms with Crippen LogP contribution in [0.4, 0.5) is 0 Å². The molecule has 0 atom stereocenters. The number of aromatic nitrogens is 2. The van der Waals surface area contributed by atoms with Crippen molar-refractivity contribution in [1.29, 1.82) is 0 Å². The van der Waals surface area contributed by atoms with Gasteiger partial charge in [0.05, 0.1) is 4.47 Å². The van der Waals surface area contributed by atoms with E-state index in [2.05, 4.69) is 39.7 Å². The fourth-order valence-electron chi connectivity index (χ4n) is 0.761. The van der Waals surface area contributed by atoms with E-state index in [9.17, 15) is 0 Å². The van der Waals surface area contributed by atoms with Gasteiger partial charge in [-0.2, -0.15) is 0 Å². The highest BCUT2D eigenvalue weighted by Gasteiger charge is 1.98. The van der Waals surface area contributed by atoms with Gasteiger partial charge in [-0.3, -0.25) is 0 Å². The van der Waals surface area contributed by atoms with Crippen molar-refractivity contribution >= 4 is 27.7 Å². The Balaban J connectivity index is 2.33. The van der Waals surface area contributed by atoms with Gasteiger partial charge in [0.2, 0.25) is 0 Å². The first kappa shape index (κ1) is 11.0. The van der Waals surface area contributed by atoms with Gasteiger partial charge in [-0.25, -0.2) is 9.97 Å². The second-order valence-electron chi connectivity index (χ2n) is 3.21. The third-order valence-corrected chi connectivity index (χ3v) is 2.84. The van der Waals surface area contributed by atoms with Crippen LogP contribution in [0.15, 0.2) is 22.0 Å². The lowest BCUT2D eigenvalue weighted by atomic mass is 10.2. The summed E-state index contributed by atoms with van der Waals surface area (Å²) >= 11 is 5.02. The summed E-state index contributed by atoms with van der Waals surface area (Å²) in [6.45, 7) is 4.45. The van der Waals surface area contributed by atoms with Crippen LogP contribution >= 0.6 is 27.7 Å². The van der Waals surface area contributed by atoms with E-state index < -0.39 is 0 Å². The van der Waals surface area contributed by atoms with Crippen LogP contribution in [0, 0.1) is 5.92 Å². The molecule has 0 saturated heterocycles. The third-order valence-electron chi connectivity index (χ3n) is 1.52. The largest absolute Gasteiger partial charge is 0.230 e. The molecule has 0 aliphatic carbocycles. The van der Waals surface area contributed by atoms with Crippen molar-refractivity contribution in [1.82, 2.24) is 9.97 Å². The quantitative estimate of drug-likeness (QED) is 0.613. The minimum absolute atomic E-state index is 0.753. The van der Waals surface area contributed by atoms with Gasteiger partial charge in [-0.1, -0.05) is 25.6 Å². The molecule has 0 aliphatic heterocycles. The van der Waals surface area contributed by atoms with Gasteiger partial charge in [0.25, 0.3) is 0 Å². The van der Waals surface area contributed by atoms with Gasteiger partial charge in [0.1, 0.15) is 0 Å². The fourth-order valence-corrected chi connectivity index (χ4v) is 1.99. The van der Waals surface area contributed by atoms with E-state index in [1.54, 1.807) is 24.2 Å². The zero-order valence-corrected chi connectivity index (χ0v) is 10.2. The van der Waals surface area contributed by atoms with Crippen LogP contribution in [-0.4, -0.2) is 15.7 Å². The summed E-state index contributed by atoms with van der Waals surface area (Å²) in [6, 6.07) is 0. The van der Waals surface area contributed by atoms with Crippen LogP contribution in [0.1, 0.15) is 20.3 Å². The Hall–Kier alpha value is -0.0900. The molecular weight excluding hydrogens is 248 g/mol. The van der Waals surface area contributed by atoms with Crippen molar-refractivity contribution in [2.75, 3.05) is 5.75 Å². The van der Waals surface area contributed by atoms with E-state index in [4.69, 9.17) is 0 Å². The average Bonchev–Trinajstić information content (AvgIpc) is 2.08. The lowest BCUT2D eigenvalue weighted by molar-refractivity contribution is 0.631. The molecule has 72 valence electrons. The van der Waals surface area contributed by atoms with Crippen LogP contribution in [0.3, 0.4) is 0 Å². The smallest absolute Gasteiger partial charge is 0.187 e. The van der Waals surface area contributed by atoms with Gasteiger partial charge < -0.3 is 0 Å². The molecule has 0 spiro atoms. The molecule has 1 aromatic heterocycles. The molecule has 0 aliphatic rings. The highest BCUT2D eigenvalue weighted by Crippen LogP contribution is 2.16. The van der Waals surface area contributed by atoms with Crippen LogP contribution in [0.25, 0.3) is 0 Å². The van der Waals surface area contributed by atoms with Crippen LogP contribution in [0.2, 0.25) is 0 Å². The predicted octanol–water partition coefficient (Wildman–Crippen LogP) is 3.38. The molecule has 0 bridgehead atoms. The molecule has 0 unspecified atom stereocenters. The normalized spacial score (nSPS) is 10.8. The molecule has 4 heteroatoms. The lowest BCUT2D eigenvalue weighted by Crippen LogP contribution is -1.91. The van der Waals surface area contributed by atoms with E-state index in [1.807, 2.05) is 0 Å². The Morgan fingerprint density at radius 3 is 2.54 bits per heavy atom. The summed E-state index contributed by atoms with van der Waals surface area (Å²) in [7, 11) is 0. The summed E-state index contributed by atoms with van der Waals surface area (Å²) < 4.78 is 0.931. The number of hydrogen-bond acceptors (Lipinski definition) is 3. The maximum Gasteiger partial charge on any atom is 0.187 e. The van der Waals surface area contributed by atoms with Crippen LogP contribution < -0.4 is 0 Å². The first-order valence-corrected chi connectivity index (χ1v) is 6.06. The predicted molar refractivity (Wildman–Crippen MR) is 59.9 cm³/mol. The number of thioether (sulfide) groups is 1. The molecule has 0 saturated carbocycles. The molecule has 0 N–H and O–H groups in total. The van der Waals surface area contributed by atoms with E-state index in [0.717, 1.165) is 21.3 Å². The first-order valence-electron chi connectivity index (χ1n) is 4.29. The van der Waals surface area contributed by atoms with Gasteiger partial charge in [-0.15, -0.1) is 0 Å². The number of nitrogens with zero attached hydrogens (tertiary/aromatic N) is 2. The number of halogens is 1. The fraction of sp³-hybridized carbons (Fsp3) is 0.556. The standard InChI is InChI=1S/C9H13BrN2S/c1-7(2)3-4-13-9-11-5-8(10)6-12-9/h5-7H,3-4H2,1-2H3. The highest BCUT2D eigenvalue weighted by atomic mass is 79.9. The van der Waals surface area contributed by atoms with Crippen LogP contribution in [0.5, 0.6) is 0 Å². The highest BCUT2D eigenvalue weighted by molar-refractivity contribution is 9.10. The Kier molecular flexibility index (Phi) is 4.73. The van der Waals surface area contributed by atoms with Crippen molar-refractivity contribution in [2.45, 2.75) is 25.4 Å². The molecule has 0 amide bonds. The monoisotopic (exact) mass is 260 g/mol. The van der Waals surface area contributed by atoms with Gasteiger partial charge in [-0.05, 0) is 28.3 Å². The summed E-state index contributed by atoms with van der Waals surface area (Å²) in [4.78, 5) is 8.36. The summed E-state index contributed by atoms with van der Waals surface area (Å²) in [6.07, 6.45) is 4.78. The SMILES string of the molecule is CC(C)CCSc1ncc(Br)cn1. The van der Waals surface area contributed by atoms with E-state index >= 15 is 0 Å². The first-order chi connectivity index (χ1) is 6.18. The van der Waals surface area contributed by atoms with E-state index in [0.29, 0.717) is 0 Å². The molecule has 1 rings (SSSR count). The van der Waals surface area contributed by atoms with Crippen molar-refractivity contribution in [3.8, 4) is 0 Å². The maximum absolute atomic E-state index is 4.18. The third kappa shape index (κ3) is 4.62. The Morgan fingerprint density at radius 1 is 1.38 bits per heavy atom. The van der Waals surface area contributed by atoms with Crippen molar-refractivity contribution in [2.24, 2.45) is 5.92 Å². The zero-order chi connectivity index (χ0) is 9.68. The Morgan fingerprint density at radius 2 is 2.00 bits per heavy atom. The molecule has 1 aromatic rings. The van der Waals surface area contributed by atoms with E-state index in [1.165, 1.54) is 6.42 Å². The second kappa shape index (κ2) is 5.60. The molecule has 0 fully saturated rings. The Bertz CT molecular complexity index is 248. The summed E-state index contributed by atoms with van der Waals surface area (Å²) in [5, 5.41) is 0.865. The molecule has 13 heavy (non-hydrogen) atoms. The van der Waals surface area contributed by atoms with Crippen molar-refractivity contribution in [3.63, 3.8) is 0 Å². The summed E-state index contributed by atoms with van der Waals surface area (Å²) in [5.74, 6) is 1.85. The molecule has 2 nitrogen and oxygen atoms in total. The van der Waals surface area contributed by atoms with E-state index in [-0.39, 0.29) is 0 Å². The maximum atomic E-state index is 4.18. The van der Waals surface area contributed by atoms with Crippen molar-refractivity contribution < 1.29 is 0 Å². The summed E-state index contributed by atoms with van der Waals surface area (Å²) in [5.41, 5.74) is 0. The van der Waals surface area contributed by atoms with Gasteiger partial charge >= 0.3 is 0 Å². The van der Waals surface area contributed by atoms with Gasteiger partial charge in [0, 0.05) is 18.1 Å². The van der Waals surface area contributed by atoms with Crippen LogP contribution in [-0.2, 0) is 0 Å². The van der Waals surface area contributed by atoms with Gasteiger partial charge in [0.15, 0.2) is 5.16 Å². The number of rotatable bonds is 4. The molecule has 0 radical (unpaired) electrons.